The molecule has 1 N–H and O–H groups in total. The molecular formula is C23H25F3N8O2. The van der Waals surface area contributed by atoms with E-state index in [0.717, 1.165) is 11.1 Å². The van der Waals surface area contributed by atoms with Crippen molar-refractivity contribution < 1.29 is 26.8 Å². The zero-order chi connectivity index (χ0) is 28.1. The van der Waals surface area contributed by atoms with Gasteiger partial charge in [0.1, 0.15) is 23.9 Å². The van der Waals surface area contributed by atoms with Crippen LogP contribution in [0.4, 0.5) is 19.1 Å². The van der Waals surface area contributed by atoms with Gasteiger partial charge in [0.25, 0.3) is 0 Å². The van der Waals surface area contributed by atoms with Crippen LogP contribution in [0.3, 0.4) is 0 Å². The number of alkyl halides is 2. The number of ether oxygens (including phenoxy) is 1. The van der Waals surface area contributed by atoms with E-state index in [1.165, 1.54) is 16.3 Å². The summed E-state index contributed by atoms with van der Waals surface area (Å²) in [7, 11) is 1.35. The maximum atomic E-state index is 15.3. The quantitative estimate of drug-likeness (QED) is 0.429. The first kappa shape index (κ1) is 20.3. The lowest BCUT2D eigenvalue weighted by molar-refractivity contribution is -0.131. The Morgan fingerprint density at radius 2 is 2.25 bits per heavy atom. The molecule has 13 heteroatoms. The monoisotopic (exact) mass is 505 g/mol. The number of nitrogens with zero attached hydrogens (tertiary/aromatic N) is 7. The summed E-state index contributed by atoms with van der Waals surface area (Å²) in [4.78, 5) is 17.3. The number of methoxy groups -OCH3 is 1. The second-order valence-electron chi connectivity index (χ2n) is 8.64. The van der Waals surface area contributed by atoms with E-state index < -0.39 is 50.1 Å². The highest BCUT2D eigenvalue weighted by molar-refractivity contribution is 5.89. The van der Waals surface area contributed by atoms with Gasteiger partial charge in [-0.25, -0.2) is 22.4 Å². The number of carbonyl (C=O) groups is 1. The first-order valence-corrected chi connectivity index (χ1v) is 11.3. The molecule has 1 saturated heterocycles. The minimum Gasteiger partial charge on any atom is -0.479 e. The molecule has 4 heterocycles. The van der Waals surface area contributed by atoms with E-state index >= 15 is 4.39 Å². The number of rotatable bonds is 6. The third-order valence-corrected chi connectivity index (χ3v) is 6.29. The molecule has 0 radical (unpaired) electrons. The van der Waals surface area contributed by atoms with Gasteiger partial charge >= 0.3 is 0 Å². The van der Waals surface area contributed by atoms with Gasteiger partial charge in [0.15, 0.2) is 5.82 Å². The Morgan fingerprint density at radius 1 is 1.42 bits per heavy atom. The Bertz CT molecular complexity index is 1540. The molecule has 3 aromatic heterocycles. The third-order valence-electron chi connectivity index (χ3n) is 6.29. The topological polar surface area (TPSA) is 102 Å². The van der Waals surface area contributed by atoms with Crippen LogP contribution in [0.2, 0.25) is 0 Å². The molecule has 36 heavy (non-hydrogen) atoms. The summed E-state index contributed by atoms with van der Waals surface area (Å²) in [5.41, 5.74) is 1.83. The molecule has 190 valence electrons. The van der Waals surface area contributed by atoms with Crippen LogP contribution in [0.15, 0.2) is 24.4 Å². The molecule has 1 aliphatic heterocycles. The SMILES string of the molecule is [2H]C([2H])([2H])C(=O)N1CC[C@H](Nc2nc(OC)c3c(-c4ccc5nnn([C@H](C)CF)c5c4)c(F)cn3n2)[C@H](F)C1. The second-order valence-corrected chi connectivity index (χ2v) is 8.64. The number of halogens is 3. The van der Waals surface area contributed by atoms with Gasteiger partial charge in [0.05, 0.1) is 43.0 Å². The molecule has 0 aliphatic carbocycles. The predicted octanol–water partition coefficient (Wildman–Crippen LogP) is 3.19. The van der Waals surface area contributed by atoms with Crippen molar-refractivity contribution in [2.45, 2.75) is 38.5 Å². The van der Waals surface area contributed by atoms with Crippen LogP contribution in [0.1, 0.15) is 30.4 Å². The first-order valence-electron chi connectivity index (χ1n) is 12.8. The molecule has 1 aliphatic rings. The van der Waals surface area contributed by atoms with E-state index in [4.69, 9.17) is 8.85 Å². The number of likely N-dealkylation sites (tertiary alicyclic amines) is 1. The molecular weight excluding hydrogens is 477 g/mol. The fourth-order valence-electron chi connectivity index (χ4n) is 4.40. The maximum Gasteiger partial charge on any atom is 0.244 e. The number of benzene rings is 1. The van der Waals surface area contributed by atoms with Crippen molar-refractivity contribution in [3.63, 3.8) is 0 Å². The van der Waals surface area contributed by atoms with Gasteiger partial charge in [-0.05, 0) is 31.0 Å². The number of nitrogens with one attached hydrogen (secondary N) is 1. The summed E-state index contributed by atoms with van der Waals surface area (Å²) in [6, 6.07) is 3.56. The Morgan fingerprint density at radius 3 is 2.97 bits per heavy atom. The molecule has 0 bridgehead atoms. The van der Waals surface area contributed by atoms with E-state index in [1.54, 1.807) is 25.1 Å². The maximum absolute atomic E-state index is 15.3. The number of anilines is 1. The lowest BCUT2D eigenvalue weighted by Crippen LogP contribution is -2.49. The van der Waals surface area contributed by atoms with E-state index in [2.05, 4.69) is 25.7 Å². The number of aromatic nitrogens is 6. The fourth-order valence-corrected chi connectivity index (χ4v) is 4.40. The lowest BCUT2D eigenvalue weighted by atomic mass is 10.0. The number of fused-ring (bicyclic) bond motifs is 2. The molecule has 3 atom stereocenters. The zero-order valence-electron chi connectivity index (χ0n) is 22.5. The highest BCUT2D eigenvalue weighted by atomic mass is 19.1. The fraction of sp³-hybridized carbons (Fsp3) is 0.435. The lowest BCUT2D eigenvalue weighted by Gasteiger charge is -2.34. The molecule has 4 aromatic rings. The van der Waals surface area contributed by atoms with Crippen LogP contribution in [0, 0.1) is 5.82 Å². The van der Waals surface area contributed by atoms with Crippen molar-refractivity contribution in [3.05, 3.63) is 30.2 Å². The van der Waals surface area contributed by atoms with Crippen LogP contribution in [-0.2, 0) is 4.79 Å². The smallest absolute Gasteiger partial charge is 0.244 e. The average Bonchev–Trinajstić information content (AvgIpc) is 3.47. The van der Waals surface area contributed by atoms with Crippen LogP contribution in [0.25, 0.3) is 27.7 Å². The van der Waals surface area contributed by atoms with Gasteiger partial charge in [-0.2, -0.15) is 4.98 Å². The number of hydrogen-bond acceptors (Lipinski definition) is 7. The van der Waals surface area contributed by atoms with Crippen molar-refractivity contribution in [1.82, 2.24) is 34.5 Å². The van der Waals surface area contributed by atoms with Crippen molar-refractivity contribution in [2.75, 3.05) is 32.2 Å². The van der Waals surface area contributed by atoms with Crippen molar-refractivity contribution in [3.8, 4) is 17.0 Å². The van der Waals surface area contributed by atoms with E-state index in [-0.39, 0.29) is 35.9 Å². The van der Waals surface area contributed by atoms with Crippen molar-refractivity contribution >= 4 is 28.4 Å². The van der Waals surface area contributed by atoms with Gasteiger partial charge < -0.3 is 15.0 Å². The summed E-state index contributed by atoms with van der Waals surface area (Å²) in [6.07, 6.45) is -0.352. The molecule has 1 amide bonds. The second kappa shape index (κ2) is 9.28. The Hall–Kier alpha value is -3.90. The molecule has 10 nitrogen and oxygen atoms in total. The average molecular weight is 506 g/mol. The Labute approximate surface area is 208 Å². The summed E-state index contributed by atoms with van der Waals surface area (Å²) in [5.74, 6) is -1.76. The number of carbonyl (C=O) groups excluding carboxylic acids is 1. The van der Waals surface area contributed by atoms with E-state index in [1.807, 2.05) is 0 Å². The van der Waals surface area contributed by atoms with Crippen LogP contribution >= 0.6 is 0 Å². The standard InChI is InChI=1S/C23H25F3N8O2/c1-12(9-24)34-19-8-14(4-5-18(19)29-31-34)20-16(26)11-33-21(20)22(36-3)28-23(30-33)27-17-6-7-32(13(2)35)10-15(17)25/h4-5,8,11-12,15,17H,6-7,9-10H2,1-3H3,(H,27,30)/t12-,15-,17+/m1/s1/i2D3. The predicted molar refractivity (Wildman–Crippen MR) is 126 cm³/mol. The molecule has 1 fully saturated rings. The highest BCUT2D eigenvalue weighted by Crippen LogP contribution is 2.35. The highest BCUT2D eigenvalue weighted by Gasteiger charge is 2.31. The summed E-state index contributed by atoms with van der Waals surface area (Å²) in [6.45, 7) is -2.21. The van der Waals surface area contributed by atoms with E-state index in [9.17, 15) is 13.6 Å². The van der Waals surface area contributed by atoms with Crippen molar-refractivity contribution in [2.24, 2.45) is 0 Å². The van der Waals surface area contributed by atoms with Crippen LogP contribution in [-0.4, -0.2) is 79.5 Å². The third kappa shape index (κ3) is 4.07. The van der Waals surface area contributed by atoms with Crippen molar-refractivity contribution in [1.29, 1.82) is 0 Å². The van der Waals surface area contributed by atoms with Gasteiger partial charge in [0.2, 0.25) is 17.7 Å². The Balaban J connectivity index is 1.46. The van der Waals surface area contributed by atoms with Gasteiger partial charge in [-0.1, -0.05) is 11.3 Å². The molecule has 0 unspecified atom stereocenters. The molecule has 1 aromatic carbocycles. The number of hydrogen-bond donors (Lipinski definition) is 1. The number of amides is 1. The molecule has 0 saturated carbocycles. The summed E-state index contributed by atoms with van der Waals surface area (Å²) >= 11 is 0. The number of piperidine rings is 1. The summed E-state index contributed by atoms with van der Waals surface area (Å²) in [5, 5.41) is 15.2. The van der Waals surface area contributed by atoms with Gasteiger partial charge in [0, 0.05) is 17.5 Å². The van der Waals surface area contributed by atoms with Gasteiger partial charge in [-0.15, -0.1) is 10.2 Å². The first-order chi connectivity index (χ1) is 18.5. The van der Waals surface area contributed by atoms with Gasteiger partial charge in [-0.3, -0.25) is 4.79 Å². The largest absolute Gasteiger partial charge is 0.479 e. The normalized spacial score (nSPS) is 20.7. The molecule has 5 rings (SSSR count). The zero-order valence-corrected chi connectivity index (χ0v) is 19.5. The Kier molecular flexibility index (Phi) is 5.24. The minimum absolute atomic E-state index is 0.0145. The molecule has 0 spiro atoms. The minimum atomic E-state index is -2.84. The van der Waals surface area contributed by atoms with E-state index in [0.29, 0.717) is 16.6 Å². The van der Waals surface area contributed by atoms with Crippen LogP contribution in [0.5, 0.6) is 5.88 Å². The summed E-state index contributed by atoms with van der Waals surface area (Å²) < 4.78 is 73.4. The van der Waals surface area contributed by atoms with Crippen LogP contribution < -0.4 is 10.1 Å².